The predicted octanol–water partition coefficient (Wildman–Crippen LogP) is 0.505. The van der Waals surface area contributed by atoms with Gasteiger partial charge in [-0.1, -0.05) is 6.92 Å². The van der Waals surface area contributed by atoms with Gasteiger partial charge in [0, 0.05) is 18.7 Å². The fourth-order valence-corrected chi connectivity index (χ4v) is 2.45. The number of aromatic nitrogens is 4. The van der Waals surface area contributed by atoms with Crippen molar-refractivity contribution in [1.82, 2.24) is 25.1 Å². The summed E-state index contributed by atoms with van der Waals surface area (Å²) >= 11 is 0. The number of hydrogen-bond acceptors (Lipinski definition) is 5. The number of amides is 1. The number of benzene rings is 1. The van der Waals surface area contributed by atoms with E-state index in [1.165, 1.54) is 11.0 Å². The molecule has 1 aromatic heterocycles. The van der Waals surface area contributed by atoms with Gasteiger partial charge in [0.2, 0.25) is 0 Å². The lowest BCUT2D eigenvalue weighted by atomic mass is 9.95. The molecule has 0 aliphatic carbocycles. The van der Waals surface area contributed by atoms with Gasteiger partial charge in [-0.3, -0.25) is 4.79 Å². The van der Waals surface area contributed by atoms with E-state index in [9.17, 15) is 9.90 Å². The lowest BCUT2D eigenvalue weighted by Gasteiger charge is -2.34. The molecule has 0 saturated carbocycles. The maximum absolute atomic E-state index is 12.4. The van der Waals surface area contributed by atoms with E-state index in [0.29, 0.717) is 18.7 Å². The van der Waals surface area contributed by atoms with Crippen LogP contribution in [-0.4, -0.2) is 55.3 Å². The Morgan fingerprint density at radius 3 is 2.71 bits per heavy atom. The number of hydrogen-bond donors (Lipinski definition) is 1. The average Bonchev–Trinajstić information content (AvgIpc) is 3.04. The number of carbonyl (C=O) groups excluding carboxylic acids is 1. The van der Waals surface area contributed by atoms with E-state index in [4.69, 9.17) is 0 Å². The number of piperidine rings is 1. The van der Waals surface area contributed by atoms with Crippen LogP contribution >= 0.6 is 0 Å². The molecule has 21 heavy (non-hydrogen) atoms. The SMILES string of the molecule is CC1CCN(C(=O)c2ccc(-n3cnnn3)cc2)CC1O. The molecule has 7 heteroatoms. The Balaban J connectivity index is 1.73. The normalized spacial score (nSPS) is 22.3. The topological polar surface area (TPSA) is 84.1 Å². The highest BCUT2D eigenvalue weighted by atomic mass is 16.3. The largest absolute Gasteiger partial charge is 0.391 e. The number of carbonyl (C=O) groups is 1. The van der Waals surface area contributed by atoms with Crippen LogP contribution in [-0.2, 0) is 0 Å². The van der Waals surface area contributed by atoms with Gasteiger partial charge in [0.25, 0.3) is 5.91 Å². The highest BCUT2D eigenvalue weighted by Gasteiger charge is 2.27. The Kier molecular flexibility index (Phi) is 3.66. The van der Waals surface area contributed by atoms with E-state index in [0.717, 1.165) is 12.1 Å². The van der Waals surface area contributed by atoms with Gasteiger partial charge in [-0.05, 0) is 47.0 Å². The molecule has 1 saturated heterocycles. The highest BCUT2D eigenvalue weighted by molar-refractivity contribution is 5.94. The molecule has 2 heterocycles. The van der Waals surface area contributed by atoms with Crippen LogP contribution in [0.5, 0.6) is 0 Å². The molecule has 0 radical (unpaired) electrons. The van der Waals surface area contributed by atoms with Crippen molar-refractivity contribution in [2.75, 3.05) is 13.1 Å². The van der Waals surface area contributed by atoms with Crippen LogP contribution < -0.4 is 0 Å². The van der Waals surface area contributed by atoms with Gasteiger partial charge < -0.3 is 10.0 Å². The Morgan fingerprint density at radius 2 is 2.10 bits per heavy atom. The van der Waals surface area contributed by atoms with Crippen molar-refractivity contribution >= 4 is 5.91 Å². The molecule has 7 nitrogen and oxygen atoms in total. The van der Waals surface area contributed by atoms with Crippen LogP contribution in [0.15, 0.2) is 30.6 Å². The first-order chi connectivity index (χ1) is 10.1. The zero-order chi connectivity index (χ0) is 14.8. The van der Waals surface area contributed by atoms with E-state index >= 15 is 0 Å². The summed E-state index contributed by atoms with van der Waals surface area (Å²) in [6.45, 7) is 3.09. The Labute approximate surface area is 122 Å². The third kappa shape index (κ3) is 2.78. The second-order valence-electron chi connectivity index (χ2n) is 5.39. The van der Waals surface area contributed by atoms with Crippen molar-refractivity contribution in [3.63, 3.8) is 0 Å². The second-order valence-corrected chi connectivity index (χ2v) is 5.39. The summed E-state index contributed by atoms with van der Waals surface area (Å²) in [6, 6.07) is 7.10. The summed E-state index contributed by atoms with van der Waals surface area (Å²) in [4.78, 5) is 14.1. The highest BCUT2D eigenvalue weighted by Crippen LogP contribution is 2.19. The molecule has 2 unspecified atom stereocenters. The van der Waals surface area contributed by atoms with E-state index < -0.39 is 6.10 Å². The van der Waals surface area contributed by atoms with Crippen molar-refractivity contribution in [2.24, 2.45) is 5.92 Å². The quantitative estimate of drug-likeness (QED) is 0.869. The molecule has 0 bridgehead atoms. The van der Waals surface area contributed by atoms with Gasteiger partial charge in [-0.15, -0.1) is 5.10 Å². The number of tetrazole rings is 1. The summed E-state index contributed by atoms with van der Waals surface area (Å²) in [7, 11) is 0. The van der Waals surface area contributed by atoms with Gasteiger partial charge in [0.05, 0.1) is 11.8 Å². The van der Waals surface area contributed by atoms with E-state index in [1.807, 2.05) is 6.92 Å². The third-order valence-electron chi connectivity index (χ3n) is 3.93. The monoisotopic (exact) mass is 287 g/mol. The molecule has 1 aliphatic rings. The number of β-amino-alcohol motifs (C(OH)–C–C–N with tert-alkyl or cyclic N) is 1. The van der Waals surface area contributed by atoms with Gasteiger partial charge in [0.1, 0.15) is 6.33 Å². The number of aliphatic hydroxyl groups is 1. The molecule has 0 spiro atoms. The summed E-state index contributed by atoms with van der Waals surface area (Å²) in [5, 5.41) is 20.8. The molecule has 2 atom stereocenters. The first-order valence-corrected chi connectivity index (χ1v) is 6.96. The summed E-state index contributed by atoms with van der Waals surface area (Å²) < 4.78 is 1.53. The molecule has 110 valence electrons. The minimum Gasteiger partial charge on any atom is -0.391 e. The molecule has 1 aromatic carbocycles. The maximum Gasteiger partial charge on any atom is 0.253 e. The van der Waals surface area contributed by atoms with E-state index in [2.05, 4.69) is 15.5 Å². The van der Waals surface area contributed by atoms with Crippen LogP contribution in [0, 0.1) is 5.92 Å². The van der Waals surface area contributed by atoms with Gasteiger partial charge in [-0.25, -0.2) is 4.68 Å². The lowest BCUT2D eigenvalue weighted by Crippen LogP contribution is -2.45. The molecule has 1 fully saturated rings. The van der Waals surface area contributed by atoms with Crippen LogP contribution in [0.25, 0.3) is 5.69 Å². The van der Waals surface area contributed by atoms with Crippen molar-refractivity contribution < 1.29 is 9.90 Å². The third-order valence-corrected chi connectivity index (χ3v) is 3.93. The van der Waals surface area contributed by atoms with Crippen molar-refractivity contribution in [3.05, 3.63) is 36.2 Å². The fraction of sp³-hybridized carbons (Fsp3) is 0.429. The molecular weight excluding hydrogens is 270 g/mol. The smallest absolute Gasteiger partial charge is 0.253 e. The van der Waals surface area contributed by atoms with Gasteiger partial charge >= 0.3 is 0 Å². The van der Waals surface area contributed by atoms with Crippen molar-refractivity contribution in [3.8, 4) is 5.69 Å². The summed E-state index contributed by atoms with van der Waals surface area (Å²) in [6.07, 6.45) is 1.89. The summed E-state index contributed by atoms with van der Waals surface area (Å²) in [5.74, 6) is 0.195. The van der Waals surface area contributed by atoms with Crippen LogP contribution in [0.1, 0.15) is 23.7 Å². The molecule has 1 N–H and O–H groups in total. The molecule has 2 aromatic rings. The first-order valence-electron chi connectivity index (χ1n) is 6.96. The number of nitrogens with zero attached hydrogens (tertiary/aromatic N) is 5. The lowest BCUT2D eigenvalue weighted by molar-refractivity contribution is 0.0248. The minimum atomic E-state index is -0.441. The molecule has 1 amide bonds. The molecule has 3 rings (SSSR count). The number of rotatable bonds is 2. The Morgan fingerprint density at radius 1 is 1.33 bits per heavy atom. The molecule has 1 aliphatic heterocycles. The Hall–Kier alpha value is -2.28. The van der Waals surface area contributed by atoms with Crippen LogP contribution in [0.3, 0.4) is 0 Å². The summed E-state index contributed by atoms with van der Waals surface area (Å²) in [5.41, 5.74) is 1.40. The minimum absolute atomic E-state index is 0.0517. The van der Waals surface area contributed by atoms with E-state index in [-0.39, 0.29) is 11.8 Å². The second kappa shape index (κ2) is 5.61. The Bertz CT molecular complexity index is 611. The fourth-order valence-electron chi connectivity index (χ4n) is 2.45. The van der Waals surface area contributed by atoms with Gasteiger partial charge in [-0.2, -0.15) is 0 Å². The van der Waals surface area contributed by atoms with Crippen LogP contribution in [0.2, 0.25) is 0 Å². The zero-order valence-corrected chi connectivity index (χ0v) is 11.8. The van der Waals surface area contributed by atoms with Gasteiger partial charge in [0.15, 0.2) is 0 Å². The maximum atomic E-state index is 12.4. The average molecular weight is 287 g/mol. The number of likely N-dealkylation sites (tertiary alicyclic amines) is 1. The predicted molar refractivity (Wildman–Crippen MR) is 74.8 cm³/mol. The van der Waals surface area contributed by atoms with Crippen LogP contribution in [0.4, 0.5) is 0 Å². The standard InChI is InChI=1S/C14H17N5O2/c1-10-6-7-18(8-13(10)20)14(21)11-2-4-12(5-3-11)19-9-15-16-17-19/h2-5,9-10,13,20H,6-8H2,1H3. The molecular formula is C14H17N5O2. The van der Waals surface area contributed by atoms with Crippen molar-refractivity contribution in [2.45, 2.75) is 19.4 Å². The van der Waals surface area contributed by atoms with E-state index in [1.54, 1.807) is 29.2 Å². The van der Waals surface area contributed by atoms with Crippen molar-refractivity contribution in [1.29, 1.82) is 0 Å². The zero-order valence-electron chi connectivity index (χ0n) is 11.8. The first kappa shape index (κ1) is 13.7. The number of aliphatic hydroxyl groups excluding tert-OH is 1.